The Morgan fingerprint density at radius 1 is 1.10 bits per heavy atom. The third-order valence-electron chi connectivity index (χ3n) is 2.84. The largest absolute Gasteiger partial charge is 0.380 e. The number of hydrogen-bond acceptors (Lipinski definition) is 2. The first kappa shape index (κ1) is 14.5. The van der Waals surface area contributed by atoms with E-state index in [2.05, 4.69) is 5.16 Å². The Kier molecular flexibility index (Phi) is 4.88. The Hall–Kier alpha value is -2.88. The number of carbonyl (C=O) groups excluding carboxylic acids is 1. The molecule has 0 aliphatic carbocycles. The highest BCUT2D eigenvalue weighted by molar-refractivity contribution is 5.93. The number of hydrogen-bond donors (Lipinski definition) is 2. The number of nitrogen functional groups attached to an aromatic ring is 1. The lowest BCUT2D eigenvalue weighted by Gasteiger charge is -1.96. The van der Waals surface area contributed by atoms with Crippen LogP contribution in [0.2, 0.25) is 0 Å². The molecule has 0 fully saturated rings. The Morgan fingerprint density at radius 2 is 1.76 bits per heavy atom. The van der Waals surface area contributed by atoms with Gasteiger partial charge in [-0.25, -0.2) is 4.79 Å². The van der Waals surface area contributed by atoms with Gasteiger partial charge in [0.15, 0.2) is 0 Å². The highest BCUT2D eigenvalue weighted by Gasteiger charge is 2.05. The van der Waals surface area contributed by atoms with Crippen LogP contribution >= 0.6 is 0 Å². The van der Waals surface area contributed by atoms with Crippen molar-refractivity contribution < 1.29 is 14.8 Å². The molecule has 0 bridgehead atoms. The molecule has 0 amide bonds. The molecule has 0 aliphatic heterocycles. The summed E-state index contributed by atoms with van der Waals surface area (Å²) < 4.78 is 0. The zero-order valence-electron chi connectivity index (χ0n) is 11.7. The van der Waals surface area contributed by atoms with Crippen molar-refractivity contribution in [3.05, 3.63) is 77.4 Å². The van der Waals surface area contributed by atoms with Gasteiger partial charge in [0.25, 0.3) is 0 Å². The van der Waals surface area contributed by atoms with Crippen molar-refractivity contribution in [2.75, 3.05) is 0 Å². The normalized spacial score (nSPS) is 11.6. The first-order chi connectivity index (χ1) is 10.1. The monoisotopic (exact) mass is 281 g/mol. The van der Waals surface area contributed by atoms with Crippen LogP contribution in [-0.2, 0) is 9.63 Å². The van der Waals surface area contributed by atoms with Crippen molar-refractivity contribution in [1.82, 2.24) is 0 Å². The van der Waals surface area contributed by atoms with Gasteiger partial charge in [0.1, 0.15) is 0 Å². The summed E-state index contributed by atoms with van der Waals surface area (Å²) >= 11 is 0. The molecule has 4 nitrogen and oxygen atoms in total. The Labute approximate surface area is 123 Å². The minimum atomic E-state index is -0.520. The van der Waals surface area contributed by atoms with E-state index in [0.29, 0.717) is 0 Å². The molecule has 0 heterocycles. The van der Waals surface area contributed by atoms with E-state index in [1.54, 1.807) is 6.08 Å². The molecule has 0 atom stereocenters. The third kappa shape index (κ3) is 4.62. The lowest BCUT2D eigenvalue weighted by molar-refractivity contribution is -0.722. The van der Waals surface area contributed by atoms with Crippen molar-refractivity contribution in [3.8, 4) is 0 Å². The number of nitrogens with two attached hydrogens (primary N) is 1. The number of amidine groups is 1. The topological polar surface area (TPSA) is 66.3 Å². The van der Waals surface area contributed by atoms with Crippen molar-refractivity contribution in [2.24, 2.45) is 5.73 Å². The summed E-state index contributed by atoms with van der Waals surface area (Å²) in [6.07, 6.45) is 3.01. The highest BCUT2D eigenvalue weighted by atomic mass is 16.7. The summed E-state index contributed by atoms with van der Waals surface area (Å²) in [4.78, 5) is 16.4. The second-order valence-corrected chi connectivity index (χ2v) is 4.55. The molecular formula is C17H17N2O2+. The van der Waals surface area contributed by atoms with Crippen LogP contribution < -0.4 is 10.9 Å². The van der Waals surface area contributed by atoms with Crippen LogP contribution in [0.25, 0.3) is 6.08 Å². The second kappa shape index (κ2) is 7.05. The molecule has 21 heavy (non-hydrogen) atoms. The predicted molar refractivity (Wildman–Crippen MR) is 82.0 cm³/mol. The van der Waals surface area contributed by atoms with E-state index in [-0.39, 0.29) is 5.84 Å². The molecule has 2 aromatic rings. The standard InChI is InChI=1S/C17H16N2O2/c1-13-7-10-15(11-8-13)17(18)19-21-16(20)12-9-14-5-3-2-4-6-14/h2-12H,1H3,(H2,18,19)/p+1. The van der Waals surface area contributed by atoms with Gasteiger partial charge in [-0.2, -0.15) is 0 Å². The van der Waals surface area contributed by atoms with Crippen molar-refractivity contribution >= 4 is 17.9 Å². The summed E-state index contributed by atoms with van der Waals surface area (Å²) in [5, 5.41) is 2.45. The fraction of sp³-hybridized carbons (Fsp3) is 0.0588. The molecule has 0 aromatic heterocycles. The molecular weight excluding hydrogens is 264 g/mol. The maximum Gasteiger partial charge on any atom is 0.380 e. The van der Waals surface area contributed by atoms with Gasteiger partial charge in [-0.1, -0.05) is 53.2 Å². The van der Waals surface area contributed by atoms with Crippen molar-refractivity contribution in [3.63, 3.8) is 0 Å². The van der Waals surface area contributed by atoms with Gasteiger partial charge < -0.3 is 0 Å². The Balaban J connectivity index is 1.95. The fourth-order valence-electron chi connectivity index (χ4n) is 1.66. The molecule has 0 saturated carbocycles. The van der Waals surface area contributed by atoms with Crippen LogP contribution in [0.3, 0.4) is 0 Å². The number of nitrogens with one attached hydrogen (secondary N) is 1. The zero-order valence-corrected chi connectivity index (χ0v) is 11.7. The van der Waals surface area contributed by atoms with Gasteiger partial charge in [0, 0.05) is 6.08 Å². The van der Waals surface area contributed by atoms with Crippen LogP contribution in [-0.4, -0.2) is 11.8 Å². The molecule has 0 unspecified atom stereocenters. The predicted octanol–water partition coefficient (Wildman–Crippen LogP) is 0.953. The summed E-state index contributed by atoms with van der Waals surface area (Å²) in [5.41, 5.74) is 8.62. The Bertz CT molecular complexity index is 659. The maximum atomic E-state index is 11.6. The van der Waals surface area contributed by atoms with Crippen molar-refractivity contribution in [2.45, 2.75) is 6.92 Å². The van der Waals surface area contributed by atoms with E-state index in [4.69, 9.17) is 10.6 Å². The SMILES string of the molecule is Cc1ccc(C(N)=[NH+]OC(=O)C=Cc2ccccc2)cc1. The third-order valence-corrected chi connectivity index (χ3v) is 2.84. The molecule has 3 N–H and O–H groups in total. The summed E-state index contributed by atoms with van der Waals surface area (Å²) in [5.74, 6) is -0.231. The van der Waals surface area contributed by atoms with Gasteiger partial charge in [-0.15, -0.1) is 0 Å². The number of carbonyl (C=O) groups is 1. The quantitative estimate of drug-likeness (QED) is 0.288. The van der Waals surface area contributed by atoms with Gasteiger partial charge in [-0.05, 0) is 30.7 Å². The zero-order chi connectivity index (χ0) is 15.1. The molecule has 0 spiro atoms. The van der Waals surface area contributed by atoms with Crippen LogP contribution in [0.4, 0.5) is 0 Å². The van der Waals surface area contributed by atoms with Crippen LogP contribution in [0.1, 0.15) is 16.7 Å². The van der Waals surface area contributed by atoms with E-state index in [9.17, 15) is 4.79 Å². The van der Waals surface area contributed by atoms with E-state index in [1.165, 1.54) is 6.08 Å². The molecule has 0 aliphatic rings. The summed E-state index contributed by atoms with van der Waals surface area (Å²) in [7, 11) is 0. The summed E-state index contributed by atoms with van der Waals surface area (Å²) in [6, 6.07) is 17.1. The molecule has 2 rings (SSSR count). The maximum absolute atomic E-state index is 11.6. The van der Waals surface area contributed by atoms with E-state index in [1.807, 2.05) is 61.5 Å². The average Bonchev–Trinajstić information content (AvgIpc) is 2.52. The van der Waals surface area contributed by atoms with Gasteiger partial charge >= 0.3 is 11.8 Å². The molecule has 2 aromatic carbocycles. The first-order valence-corrected chi connectivity index (χ1v) is 6.54. The minimum absolute atomic E-state index is 0.288. The average molecular weight is 281 g/mol. The number of benzene rings is 2. The van der Waals surface area contributed by atoms with E-state index >= 15 is 0 Å². The molecule has 4 heteroatoms. The van der Waals surface area contributed by atoms with E-state index < -0.39 is 5.97 Å². The Morgan fingerprint density at radius 3 is 2.43 bits per heavy atom. The van der Waals surface area contributed by atoms with Gasteiger partial charge in [-0.3, -0.25) is 10.6 Å². The molecule has 106 valence electrons. The first-order valence-electron chi connectivity index (χ1n) is 6.54. The molecule has 0 radical (unpaired) electrons. The van der Waals surface area contributed by atoms with Crippen LogP contribution in [0.15, 0.2) is 60.7 Å². The second-order valence-electron chi connectivity index (χ2n) is 4.55. The summed E-state index contributed by atoms with van der Waals surface area (Å²) in [6.45, 7) is 1.99. The van der Waals surface area contributed by atoms with Gasteiger partial charge in [0.2, 0.25) is 0 Å². The van der Waals surface area contributed by atoms with Crippen LogP contribution in [0.5, 0.6) is 0 Å². The fourth-order valence-corrected chi connectivity index (χ4v) is 1.66. The molecule has 0 saturated heterocycles. The minimum Gasteiger partial charge on any atom is -0.284 e. The smallest absolute Gasteiger partial charge is 0.284 e. The lowest BCUT2D eigenvalue weighted by Crippen LogP contribution is -2.75. The van der Waals surface area contributed by atoms with E-state index in [0.717, 1.165) is 16.7 Å². The van der Waals surface area contributed by atoms with Gasteiger partial charge in [0.05, 0.1) is 5.56 Å². The lowest BCUT2D eigenvalue weighted by atomic mass is 10.1. The number of rotatable bonds is 4. The number of aryl methyl sites for hydroxylation is 1. The van der Waals surface area contributed by atoms with Crippen molar-refractivity contribution in [1.29, 1.82) is 0 Å². The highest BCUT2D eigenvalue weighted by Crippen LogP contribution is 2.01. The van der Waals surface area contributed by atoms with Crippen LogP contribution in [0, 0.1) is 6.92 Å².